The lowest BCUT2D eigenvalue weighted by Gasteiger charge is -2.07. The first-order chi connectivity index (χ1) is 9.45. The van der Waals surface area contributed by atoms with Gasteiger partial charge in [0.05, 0.1) is 21.2 Å². The van der Waals surface area contributed by atoms with Crippen LogP contribution in [0.25, 0.3) is 0 Å². The Bertz CT molecular complexity index is 536. The maximum Gasteiger partial charge on any atom is 0.299 e. The Labute approximate surface area is 121 Å². The summed E-state index contributed by atoms with van der Waals surface area (Å²) in [5, 5.41) is 26.9. The number of non-ortho nitro benzene ring substituents is 1. The highest BCUT2D eigenvalue weighted by atomic mass is 79.9. The van der Waals surface area contributed by atoms with Crippen LogP contribution in [0.3, 0.4) is 0 Å². The van der Waals surface area contributed by atoms with Crippen LogP contribution in [0.2, 0.25) is 0 Å². The molecule has 0 radical (unpaired) electrons. The molecule has 108 valence electrons. The van der Waals surface area contributed by atoms with Crippen LogP contribution in [-0.4, -0.2) is 34.2 Å². The molecule has 0 aromatic heterocycles. The molecule has 0 fully saturated rings. The molecule has 2 N–H and O–H groups in total. The van der Waals surface area contributed by atoms with Gasteiger partial charge in [-0.05, 0) is 6.07 Å². The summed E-state index contributed by atoms with van der Waals surface area (Å²) in [5.74, 6) is -0.204. The van der Waals surface area contributed by atoms with Crippen molar-refractivity contribution in [3.8, 4) is 0 Å². The lowest BCUT2D eigenvalue weighted by molar-refractivity contribution is -0.393. The van der Waals surface area contributed by atoms with E-state index in [9.17, 15) is 25.0 Å². The maximum atomic E-state index is 10.9. The van der Waals surface area contributed by atoms with Gasteiger partial charge in [-0.3, -0.25) is 25.0 Å². The number of hydrogen-bond donors (Lipinski definition) is 2. The van der Waals surface area contributed by atoms with Crippen molar-refractivity contribution < 1.29 is 14.6 Å². The molecule has 0 unspecified atom stereocenters. The van der Waals surface area contributed by atoms with Crippen molar-refractivity contribution in [2.24, 2.45) is 0 Å². The topological polar surface area (TPSA) is 127 Å². The second-order valence-electron chi connectivity index (χ2n) is 3.63. The summed E-state index contributed by atoms with van der Waals surface area (Å²) in [5.41, 5.74) is -0.574. The van der Waals surface area contributed by atoms with Crippen LogP contribution >= 0.6 is 15.9 Å². The average molecular weight is 347 g/mol. The van der Waals surface area contributed by atoms with E-state index in [0.29, 0.717) is 0 Å². The van der Waals surface area contributed by atoms with Crippen LogP contribution in [0.15, 0.2) is 18.2 Å². The van der Waals surface area contributed by atoms with Crippen molar-refractivity contribution in [1.82, 2.24) is 5.32 Å². The summed E-state index contributed by atoms with van der Waals surface area (Å²) in [6.45, 7) is 0.538. The minimum Gasteiger partial charge on any atom is -0.378 e. The van der Waals surface area contributed by atoms with Gasteiger partial charge in [-0.1, -0.05) is 15.9 Å². The molecule has 0 aliphatic heterocycles. The molecule has 0 aliphatic rings. The molecule has 0 saturated carbocycles. The number of nitrogens with one attached hydrogen (secondary N) is 2. The Hall–Kier alpha value is -2.23. The van der Waals surface area contributed by atoms with Crippen molar-refractivity contribution in [2.45, 2.75) is 0 Å². The van der Waals surface area contributed by atoms with Crippen molar-refractivity contribution >= 4 is 38.9 Å². The zero-order valence-corrected chi connectivity index (χ0v) is 11.8. The Morgan fingerprint density at radius 1 is 1.20 bits per heavy atom. The highest BCUT2D eigenvalue weighted by Crippen LogP contribution is 2.28. The molecule has 0 heterocycles. The SMILES string of the molecule is O=C(CBr)NCCNc1ccc([N+](=O)[O-])cc1[N+](=O)[O-]. The van der Waals surface area contributed by atoms with Gasteiger partial charge in [-0.25, -0.2) is 0 Å². The average Bonchev–Trinajstić information content (AvgIpc) is 2.42. The number of nitro benzene ring substituents is 2. The van der Waals surface area contributed by atoms with E-state index in [2.05, 4.69) is 26.6 Å². The molecule has 1 amide bonds. The van der Waals surface area contributed by atoms with E-state index in [1.807, 2.05) is 0 Å². The van der Waals surface area contributed by atoms with E-state index in [4.69, 9.17) is 0 Å². The van der Waals surface area contributed by atoms with Crippen molar-refractivity contribution in [1.29, 1.82) is 0 Å². The van der Waals surface area contributed by atoms with E-state index in [0.717, 1.165) is 6.07 Å². The molecule has 9 nitrogen and oxygen atoms in total. The summed E-state index contributed by atoms with van der Waals surface area (Å²) < 4.78 is 0. The predicted molar refractivity (Wildman–Crippen MR) is 75.0 cm³/mol. The lowest BCUT2D eigenvalue weighted by Crippen LogP contribution is -2.29. The lowest BCUT2D eigenvalue weighted by atomic mass is 10.2. The number of halogens is 1. The van der Waals surface area contributed by atoms with Crippen LogP contribution in [0.1, 0.15) is 0 Å². The molecule has 0 aliphatic carbocycles. The highest BCUT2D eigenvalue weighted by molar-refractivity contribution is 9.09. The van der Waals surface area contributed by atoms with Crippen molar-refractivity contribution in [2.75, 3.05) is 23.7 Å². The Morgan fingerprint density at radius 3 is 2.45 bits per heavy atom. The second kappa shape index (κ2) is 7.38. The van der Waals surface area contributed by atoms with E-state index >= 15 is 0 Å². The molecule has 0 spiro atoms. The van der Waals surface area contributed by atoms with Gasteiger partial charge in [-0.2, -0.15) is 0 Å². The van der Waals surface area contributed by atoms with Gasteiger partial charge in [-0.15, -0.1) is 0 Å². The fraction of sp³-hybridized carbons (Fsp3) is 0.300. The van der Waals surface area contributed by atoms with Crippen LogP contribution < -0.4 is 10.6 Å². The number of nitrogens with zero attached hydrogens (tertiary/aromatic N) is 2. The Kier molecular flexibility index (Phi) is 5.84. The number of alkyl halides is 1. The number of carbonyl (C=O) groups excluding carboxylic acids is 1. The highest BCUT2D eigenvalue weighted by Gasteiger charge is 2.18. The quantitative estimate of drug-likeness (QED) is 0.332. The Morgan fingerprint density at radius 2 is 1.90 bits per heavy atom. The van der Waals surface area contributed by atoms with Gasteiger partial charge in [0.25, 0.3) is 11.4 Å². The molecule has 0 atom stereocenters. The smallest absolute Gasteiger partial charge is 0.299 e. The summed E-state index contributed by atoms with van der Waals surface area (Å²) in [6.07, 6.45) is 0. The van der Waals surface area contributed by atoms with Gasteiger partial charge in [0.2, 0.25) is 5.91 Å². The monoisotopic (exact) mass is 346 g/mol. The number of nitro groups is 2. The minimum absolute atomic E-state index is 0.161. The Balaban J connectivity index is 2.72. The molecule has 20 heavy (non-hydrogen) atoms. The summed E-state index contributed by atoms with van der Waals surface area (Å²) in [4.78, 5) is 31.0. The number of benzene rings is 1. The van der Waals surface area contributed by atoms with E-state index in [-0.39, 0.29) is 41.4 Å². The number of amides is 1. The molecule has 1 aromatic carbocycles. The third-order valence-electron chi connectivity index (χ3n) is 2.27. The second-order valence-corrected chi connectivity index (χ2v) is 4.19. The first-order valence-corrected chi connectivity index (χ1v) is 6.57. The number of anilines is 1. The minimum atomic E-state index is -0.702. The fourth-order valence-corrected chi connectivity index (χ4v) is 1.58. The summed E-state index contributed by atoms with van der Waals surface area (Å²) in [7, 11) is 0. The summed E-state index contributed by atoms with van der Waals surface area (Å²) >= 11 is 2.98. The molecule has 0 bridgehead atoms. The van der Waals surface area contributed by atoms with Crippen LogP contribution in [0.4, 0.5) is 17.1 Å². The third-order valence-corrected chi connectivity index (χ3v) is 2.78. The molecular formula is C10H11BrN4O5. The van der Waals surface area contributed by atoms with Crippen LogP contribution in [-0.2, 0) is 4.79 Å². The number of carbonyl (C=O) groups is 1. The van der Waals surface area contributed by atoms with Gasteiger partial charge >= 0.3 is 0 Å². The standard InChI is InChI=1S/C10H11BrN4O5/c11-6-10(16)13-4-3-12-8-2-1-7(14(17)18)5-9(8)15(19)20/h1-2,5,12H,3-4,6H2,(H,13,16). The van der Waals surface area contributed by atoms with Gasteiger partial charge in [0, 0.05) is 19.2 Å². The van der Waals surface area contributed by atoms with Gasteiger partial charge < -0.3 is 10.6 Å². The first-order valence-electron chi connectivity index (χ1n) is 5.45. The first kappa shape index (κ1) is 15.8. The largest absolute Gasteiger partial charge is 0.378 e. The third kappa shape index (κ3) is 4.46. The maximum absolute atomic E-state index is 10.9. The predicted octanol–water partition coefficient (Wildman–Crippen LogP) is 1.43. The van der Waals surface area contributed by atoms with E-state index in [1.165, 1.54) is 12.1 Å². The summed E-state index contributed by atoms with van der Waals surface area (Å²) in [6, 6.07) is 3.33. The molecule has 1 aromatic rings. The number of rotatable bonds is 7. The molecule has 1 rings (SSSR count). The van der Waals surface area contributed by atoms with Crippen molar-refractivity contribution in [3.05, 3.63) is 38.4 Å². The van der Waals surface area contributed by atoms with Gasteiger partial charge in [0.1, 0.15) is 5.69 Å². The zero-order valence-electron chi connectivity index (χ0n) is 10.2. The van der Waals surface area contributed by atoms with Gasteiger partial charge in [0.15, 0.2) is 0 Å². The number of hydrogen-bond acceptors (Lipinski definition) is 6. The molecule has 0 saturated heterocycles. The molecular weight excluding hydrogens is 336 g/mol. The van der Waals surface area contributed by atoms with Crippen LogP contribution in [0, 0.1) is 20.2 Å². The fourth-order valence-electron chi connectivity index (χ4n) is 1.38. The molecule has 10 heteroatoms. The van der Waals surface area contributed by atoms with E-state index < -0.39 is 9.85 Å². The normalized spacial score (nSPS) is 9.85. The van der Waals surface area contributed by atoms with Crippen LogP contribution in [0.5, 0.6) is 0 Å². The van der Waals surface area contributed by atoms with E-state index in [1.54, 1.807) is 0 Å². The van der Waals surface area contributed by atoms with Crippen molar-refractivity contribution in [3.63, 3.8) is 0 Å². The zero-order chi connectivity index (χ0) is 15.1.